The molecule has 0 aliphatic heterocycles. The molecule has 0 atom stereocenters. The molecule has 0 bridgehead atoms. The Hall–Kier alpha value is -1.75. The minimum atomic E-state index is -0.317. The first-order valence-corrected chi connectivity index (χ1v) is 8.83. The van der Waals surface area contributed by atoms with Crippen molar-refractivity contribution in [3.05, 3.63) is 41.7 Å². The van der Waals surface area contributed by atoms with Crippen molar-refractivity contribution in [3.63, 3.8) is 0 Å². The van der Waals surface area contributed by atoms with Gasteiger partial charge >= 0.3 is 0 Å². The molecule has 1 fully saturated rings. The summed E-state index contributed by atoms with van der Waals surface area (Å²) in [6.07, 6.45) is 11.5. The van der Waals surface area contributed by atoms with E-state index in [1.807, 2.05) is 13.0 Å². The lowest BCUT2D eigenvalue weighted by atomic mass is 9.81. The molecule has 0 aromatic heterocycles. The number of ether oxygens (including phenoxy) is 1. The molecule has 2 rings (SSSR count). The molecule has 1 aromatic carbocycles. The second kappa shape index (κ2) is 9.40. The Morgan fingerprint density at radius 3 is 2.65 bits per heavy atom. The van der Waals surface area contributed by atoms with E-state index in [1.54, 1.807) is 12.1 Å². The summed E-state index contributed by atoms with van der Waals surface area (Å²) in [5.41, 5.74) is 0.424. The average molecular weight is 314 g/mol. The summed E-state index contributed by atoms with van der Waals surface area (Å²) in [5.74, 6) is 7.66. The Morgan fingerprint density at radius 1 is 1.22 bits per heavy atom. The molecule has 2 heteroatoms. The van der Waals surface area contributed by atoms with Crippen LogP contribution in [0.4, 0.5) is 4.39 Å². The topological polar surface area (TPSA) is 9.23 Å². The number of benzene rings is 1. The minimum Gasteiger partial charge on any atom is -0.494 e. The summed E-state index contributed by atoms with van der Waals surface area (Å²) in [6.45, 7) is 4.91. The smallest absolute Gasteiger partial charge is 0.142 e. The Morgan fingerprint density at radius 2 is 2.00 bits per heavy atom. The van der Waals surface area contributed by atoms with Gasteiger partial charge in [-0.05, 0) is 62.1 Å². The number of hydrogen-bond acceptors (Lipinski definition) is 1. The van der Waals surface area contributed by atoms with Crippen LogP contribution >= 0.6 is 0 Å². The van der Waals surface area contributed by atoms with Crippen LogP contribution in [0.5, 0.6) is 5.75 Å². The van der Waals surface area contributed by atoms with Gasteiger partial charge < -0.3 is 4.74 Å². The molecule has 1 aliphatic rings. The van der Waals surface area contributed by atoms with Crippen LogP contribution in [0.3, 0.4) is 0 Å². The van der Waals surface area contributed by atoms with E-state index in [-0.39, 0.29) is 5.82 Å². The molecule has 1 aliphatic carbocycles. The normalized spacial score (nSPS) is 21.0. The second-order valence-corrected chi connectivity index (χ2v) is 6.31. The van der Waals surface area contributed by atoms with Crippen molar-refractivity contribution >= 4 is 0 Å². The molecule has 0 unspecified atom stereocenters. The highest BCUT2D eigenvalue weighted by molar-refractivity contribution is 5.41. The molecule has 0 radical (unpaired) electrons. The molecule has 23 heavy (non-hydrogen) atoms. The van der Waals surface area contributed by atoms with Crippen LogP contribution < -0.4 is 4.74 Å². The van der Waals surface area contributed by atoms with Crippen LogP contribution in [0, 0.1) is 29.5 Å². The first-order valence-electron chi connectivity index (χ1n) is 8.83. The molecule has 1 nitrogen and oxygen atoms in total. The predicted molar refractivity (Wildman–Crippen MR) is 93.9 cm³/mol. The van der Waals surface area contributed by atoms with E-state index >= 15 is 0 Å². The fraction of sp³-hybridized carbons (Fsp3) is 0.524. The van der Waals surface area contributed by atoms with Gasteiger partial charge in [0.1, 0.15) is 11.6 Å². The number of halogens is 1. The van der Waals surface area contributed by atoms with Crippen molar-refractivity contribution in [2.45, 2.75) is 52.4 Å². The largest absolute Gasteiger partial charge is 0.494 e. The van der Waals surface area contributed by atoms with E-state index < -0.39 is 0 Å². The SMILES string of the molecule is CCCOc1ccc(C#CC=CC2CCC(CC)CC2)c(F)c1. The molecule has 124 valence electrons. The third kappa shape index (κ3) is 5.75. The summed E-state index contributed by atoms with van der Waals surface area (Å²) in [5, 5.41) is 0. The van der Waals surface area contributed by atoms with E-state index in [9.17, 15) is 4.39 Å². The van der Waals surface area contributed by atoms with E-state index in [0.29, 0.717) is 23.8 Å². The highest BCUT2D eigenvalue weighted by atomic mass is 19.1. The zero-order chi connectivity index (χ0) is 16.5. The van der Waals surface area contributed by atoms with Gasteiger partial charge in [0.15, 0.2) is 0 Å². The van der Waals surface area contributed by atoms with Crippen LogP contribution in [-0.4, -0.2) is 6.61 Å². The van der Waals surface area contributed by atoms with Crippen LogP contribution in [0.1, 0.15) is 57.9 Å². The summed E-state index contributed by atoms with van der Waals surface area (Å²) >= 11 is 0. The minimum absolute atomic E-state index is 0.317. The van der Waals surface area contributed by atoms with Gasteiger partial charge in [-0.2, -0.15) is 0 Å². The average Bonchev–Trinajstić information content (AvgIpc) is 2.58. The monoisotopic (exact) mass is 314 g/mol. The van der Waals surface area contributed by atoms with E-state index in [4.69, 9.17) is 4.74 Å². The van der Waals surface area contributed by atoms with Crippen molar-refractivity contribution in [1.29, 1.82) is 0 Å². The molecule has 0 saturated heterocycles. The quantitative estimate of drug-likeness (QED) is 0.630. The van der Waals surface area contributed by atoms with Crippen molar-refractivity contribution in [2.24, 2.45) is 11.8 Å². The summed E-state index contributed by atoms with van der Waals surface area (Å²) in [6, 6.07) is 4.88. The molecule has 0 spiro atoms. The number of rotatable bonds is 5. The Kier molecular flexibility index (Phi) is 7.20. The molecule has 0 N–H and O–H groups in total. The van der Waals surface area contributed by atoms with Crippen molar-refractivity contribution in [3.8, 4) is 17.6 Å². The van der Waals surface area contributed by atoms with Gasteiger partial charge in [-0.1, -0.05) is 38.2 Å². The van der Waals surface area contributed by atoms with Crippen LogP contribution in [0.25, 0.3) is 0 Å². The third-order valence-corrected chi connectivity index (χ3v) is 4.54. The van der Waals surface area contributed by atoms with Gasteiger partial charge in [0.2, 0.25) is 0 Å². The lowest BCUT2D eigenvalue weighted by Crippen LogP contribution is -2.11. The summed E-state index contributed by atoms with van der Waals surface area (Å²) < 4.78 is 19.3. The van der Waals surface area contributed by atoms with Crippen LogP contribution in [-0.2, 0) is 0 Å². The Balaban J connectivity index is 1.88. The molecule has 0 heterocycles. The second-order valence-electron chi connectivity index (χ2n) is 6.31. The zero-order valence-corrected chi connectivity index (χ0v) is 14.3. The molecule has 0 amide bonds. The number of allylic oxidation sites excluding steroid dienone is 2. The third-order valence-electron chi connectivity index (χ3n) is 4.54. The fourth-order valence-electron chi connectivity index (χ4n) is 3.00. The fourth-order valence-corrected chi connectivity index (χ4v) is 3.00. The summed E-state index contributed by atoms with van der Waals surface area (Å²) in [4.78, 5) is 0. The first kappa shape index (κ1) is 17.6. The molecular weight excluding hydrogens is 287 g/mol. The maximum absolute atomic E-state index is 13.9. The highest BCUT2D eigenvalue weighted by Crippen LogP contribution is 2.31. The van der Waals surface area contributed by atoms with Crippen molar-refractivity contribution in [2.75, 3.05) is 6.61 Å². The van der Waals surface area contributed by atoms with Crippen LogP contribution in [0.2, 0.25) is 0 Å². The van der Waals surface area contributed by atoms with Gasteiger partial charge in [-0.3, -0.25) is 0 Å². The summed E-state index contributed by atoms with van der Waals surface area (Å²) in [7, 11) is 0. The van der Waals surface area contributed by atoms with Gasteiger partial charge in [0.25, 0.3) is 0 Å². The van der Waals surface area contributed by atoms with Gasteiger partial charge in [0, 0.05) is 6.07 Å². The predicted octanol–water partition coefficient (Wildman–Crippen LogP) is 5.74. The molecule has 1 aromatic rings. The van der Waals surface area contributed by atoms with E-state index in [2.05, 4.69) is 24.8 Å². The zero-order valence-electron chi connectivity index (χ0n) is 14.3. The van der Waals surface area contributed by atoms with Crippen molar-refractivity contribution < 1.29 is 9.13 Å². The Labute approximate surface area is 139 Å². The van der Waals surface area contributed by atoms with Crippen LogP contribution in [0.15, 0.2) is 30.4 Å². The van der Waals surface area contributed by atoms with Gasteiger partial charge in [-0.15, -0.1) is 0 Å². The molecule has 1 saturated carbocycles. The van der Waals surface area contributed by atoms with E-state index in [0.717, 1.165) is 12.3 Å². The maximum Gasteiger partial charge on any atom is 0.142 e. The lowest BCUT2D eigenvalue weighted by molar-refractivity contribution is 0.304. The Bertz CT molecular complexity index is 571. The lowest BCUT2D eigenvalue weighted by Gasteiger charge is -2.25. The standard InChI is InChI=1S/C21H27FO/c1-3-15-23-20-14-13-19(21(22)16-20)8-6-5-7-18-11-9-17(4-2)10-12-18/h5,7,13-14,16-18H,3-4,9-12,15H2,1-2H3. The van der Waals surface area contributed by atoms with E-state index in [1.165, 1.54) is 38.2 Å². The molecular formula is C21H27FO. The van der Waals surface area contributed by atoms with Crippen molar-refractivity contribution in [1.82, 2.24) is 0 Å². The van der Waals surface area contributed by atoms with Gasteiger partial charge in [0.05, 0.1) is 12.2 Å². The first-order chi connectivity index (χ1) is 11.2. The van der Waals surface area contributed by atoms with Gasteiger partial charge in [-0.25, -0.2) is 4.39 Å². The maximum atomic E-state index is 13.9. The number of hydrogen-bond donors (Lipinski definition) is 0. The highest BCUT2D eigenvalue weighted by Gasteiger charge is 2.17.